The Bertz CT molecular complexity index is 1160. The van der Waals surface area contributed by atoms with Crippen molar-refractivity contribution in [1.82, 2.24) is 15.1 Å². The third-order valence-corrected chi connectivity index (χ3v) is 8.47. The third kappa shape index (κ3) is 5.01. The summed E-state index contributed by atoms with van der Waals surface area (Å²) in [4.78, 5) is 46.4. The van der Waals surface area contributed by atoms with Gasteiger partial charge in [0.1, 0.15) is 11.6 Å². The number of hydrogen-bond donors (Lipinski definition) is 1. The molecular weight excluding hydrogens is 480 g/mol. The van der Waals surface area contributed by atoms with Crippen molar-refractivity contribution in [2.45, 2.75) is 50.6 Å². The minimum Gasteiger partial charge on any atom is -0.381 e. The minimum absolute atomic E-state index is 0.0190. The van der Waals surface area contributed by atoms with Crippen LogP contribution in [0.15, 0.2) is 54.6 Å². The van der Waals surface area contributed by atoms with Crippen LogP contribution in [0.5, 0.6) is 0 Å². The molecule has 3 aliphatic heterocycles. The molecule has 8 heteroatoms. The number of carbonyl (C=O) groups excluding carboxylic acids is 3. The summed E-state index contributed by atoms with van der Waals surface area (Å²) in [6.07, 6.45) is 3.42. The van der Waals surface area contributed by atoms with Gasteiger partial charge in [-0.3, -0.25) is 14.4 Å². The van der Waals surface area contributed by atoms with E-state index in [-0.39, 0.29) is 23.6 Å². The molecule has 0 radical (unpaired) electrons. The first-order valence-corrected chi connectivity index (χ1v) is 13.8. The van der Waals surface area contributed by atoms with Crippen LogP contribution in [-0.4, -0.2) is 79.1 Å². The molecule has 3 saturated heterocycles. The van der Waals surface area contributed by atoms with Crippen molar-refractivity contribution < 1.29 is 19.1 Å². The molecule has 0 bridgehead atoms. The van der Waals surface area contributed by atoms with Gasteiger partial charge in [-0.15, -0.1) is 0 Å². The van der Waals surface area contributed by atoms with Gasteiger partial charge in [0.15, 0.2) is 0 Å². The Morgan fingerprint density at radius 1 is 1.05 bits per heavy atom. The van der Waals surface area contributed by atoms with E-state index in [2.05, 4.69) is 17.1 Å². The number of nitrogens with one attached hydrogen (secondary N) is 1. The molecule has 0 unspecified atom stereocenters. The number of nitrogens with zero attached hydrogens (tertiary/aromatic N) is 3. The zero-order valence-corrected chi connectivity index (χ0v) is 22.4. The van der Waals surface area contributed by atoms with Gasteiger partial charge in [0.05, 0.1) is 6.67 Å². The summed E-state index contributed by atoms with van der Waals surface area (Å²) in [5.74, 6) is -0.151. The van der Waals surface area contributed by atoms with E-state index < -0.39 is 11.6 Å². The molecule has 0 saturated carbocycles. The third-order valence-electron chi connectivity index (χ3n) is 8.47. The first-order chi connectivity index (χ1) is 18.4. The average molecular weight is 519 g/mol. The lowest BCUT2D eigenvalue weighted by Gasteiger charge is -2.44. The predicted octanol–water partition coefficient (Wildman–Crippen LogP) is 3.07. The van der Waals surface area contributed by atoms with Crippen molar-refractivity contribution in [3.05, 3.63) is 65.7 Å². The maximum atomic E-state index is 13.9. The molecule has 5 rings (SSSR count). The molecule has 1 spiro atoms. The molecule has 3 aliphatic rings. The lowest BCUT2D eigenvalue weighted by Crippen LogP contribution is -2.60. The second-order valence-electron chi connectivity index (χ2n) is 10.7. The molecule has 3 amide bonds. The van der Waals surface area contributed by atoms with Gasteiger partial charge in [0, 0.05) is 44.6 Å². The number of likely N-dealkylation sites (N-methyl/N-ethyl adjacent to an activating group) is 1. The fourth-order valence-corrected chi connectivity index (χ4v) is 6.18. The number of para-hydroxylation sites is 1. The van der Waals surface area contributed by atoms with Gasteiger partial charge in [-0.25, -0.2) is 0 Å². The number of carbonyl (C=O) groups is 3. The van der Waals surface area contributed by atoms with Gasteiger partial charge in [-0.2, -0.15) is 0 Å². The molecular formula is C30H38N4O4. The fourth-order valence-electron chi connectivity index (χ4n) is 6.18. The van der Waals surface area contributed by atoms with Crippen molar-refractivity contribution in [3.63, 3.8) is 0 Å². The molecule has 0 aliphatic carbocycles. The summed E-state index contributed by atoms with van der Waals surface area (Å²) in [7, 11) is 1.84. The van der Waals surface area contributed by atoms with Crippen LogP contribution < -0.4 is 10.2 Å². The second-order valence-corrected chi connectivity index (χ2v) is 10.7. The summed E-state index contributed by atoms with van der Waals surface area (Å²) in [5.41, 5.74) is 2.03. The standard InChI is InChI=1S/C30H38N4O4/c1-3-22-8-7-9-24(20-22)27(35)31-26(23-12-18-38-19-13-23)28(36)33-16-14-30(15-17-33)29(37)32(2)21-34(30)25-10-5-4-6-11-25/h4-11,20,23,26H,3,12-19,21H2,1-2H3,(H,31,35)/t26-/m1/s1. The van der Waals surface area contributed by atoms with E-state index in [1.807, 2.05) is 60.5 Å². The zero-order valence-electron chi connectivity index (χ0n) is 22.4. The Balaban J connectivity index is 1.33. The number of benzene rings is 2. The summed E-state index contributed by atoms with van der Waals surface area (Å²) >= 11 is 0. The quantitative estimate of drug-likeness (QED) is 0.636. The highest BCUT2D eigenvalue weighted by atomic mass is 16.5. The van der Waals surface area contributed by atoms with Crippen LogP contribution in [0, 0.1) is 5.92 Å². The van der Waals surface area contributed by atoms with Crippen molar-refractivity contribution in [2.24, 2.45) is 5.92 Å². The van der Waals surface area contributed by atoms with Crippen LogP contribution in [-0.2, 0) is 20.7 Å². The Kier molecular flexibility index (Phi) is 7.70. The van der Waals surface area contributed by atoms with Gasteiger partial charge < -0.3 is 24.8 Å². The number of amides is 3. The summed E-state index contributed by atoms with van der Waals surface area (Å²) < 4.78 is 5.55. The highest BCUT2D eigenvalue weighted by molar-refractivity contribution is 5.98. The number of aryl methyl sites for hydroxylation is 1. The maximum Gasteiger partial charge on any atom is 0.251 e. The van der Waals surface area contributed by atoms with Crippen molar-refractivity contribution >= 4 is 23.4 Å². The largest absolute Gasteiger partial charge is 0.381 e. The summed E-state index contributed by atoms with van der Waals surface area (Å²) in [6, 6.07) is 17.0. The minimum atomic E-state index is -0.648. The van der Waals surface area contributed by atoms with E-state index in [1.54, 1.807) is 11.0 Å². The van der Waals surface area contributed by atoms with E-state index in [0.717, 1.165) is 30.5 Å². The Hall–Kier alpha value is -3.39. The Labute approximate surface area is 224 Å². The number of ether oxygens (including phenoxy) is 1. The maximum absolute atomic E-state index is 13.9. The van der Waals surface area contributed by atoms with Crippen molar-refractivity contribution in [1.29, 1.82) is 0 Å². The smallest absolute Gasteiger partial charge is 0.251 e. The van der Waals surface area contributed by atoms with Crippen LogP contribution in [0.4, 0.5) is 5.69 Å². The van der Waals surface area contributed by atoms with Gasteiger partial charge in [0.25, 0.3) is 5.91 Å². The molecule has 2 aromatic carbocycles. The SMILES string of the molecule is CCc1cccc(C(=O)N[C@@H](C(=O)N2CCC3(CC2)C(=O)N(C)CN3c2ccccc2)C2CCOCC2)c1. The molecule has 2 aromatic rings. The van der Waals surface area contributed by atoms with Crippen LogP contribution in [0.25, 0.3) is 0 Å². The average Bonchev–Trinajstić information content (AvgIpc) is 3.21. The lowest BCUT2D eigenvalue weighted by atomic mass is 9.84. The highest BCUT2D eigenvalue weighted by Crippen LogP contribution is 2.39. The molecule has 38 heavy (non-hydrogen) atoms. The Morgan fingerprint density at radius 2 is 1.76 bits per heavy atom. The van der Waals surface area contributed by atoms with E-state index in [1.165, 1.54) is 0 Å². The zero-order chi connectivity index (χ0) is 26.7. The van der Waals surface area contributed by atoms with Crippen LogP contribution >= 0.6 is 0 Å². The monoisotopic (exact) mass is 518 g/mol. The summed E-state index contributed by atoms with van der Waals surface area (Å²) in [6.45, 7) is 4.72. The molecule has 202 valence electrons. The first-order valence-electron chi connectivity index (χ1n) is 13.8. The number of likely N-dealkylation sites (tertiary alicyclic amines) is 1. The van der Waals surface area contributed by atoms with Crippen molar-refractivity contribution in [2.75, 3.05) is 44.9 Å². The van der Waals surface area contributed by atoms with Gasteiger partial charge in [0.2, 0.25) is 11.8 Å². The fraction of sp³-hybridized carbons (Fsp3) is 0.500. The number of piperidine rings is 1. The normalized spacial score (nSPS) is 20.6. The van der Waals surface area contributed by atoms with Crippen LogP contribution in [0.2, 0.25) is 0 Å². The second kappa shape index (κ2) is 11.2. The molecule has 1 N–H and O–H groups in total. The number of anilines is 1. The van der Waals surface area contributed by atoms with Gasteiger partial charge >= 0.3 is 0 Å². The Morgan fingerprint density at radius 3 is 2.45 bits per heavy atom. The lowest BCUT2D eigenvalue weighted by molar-refractivity contribution is -0.140. The van der Waals surface area contributed by atoms with Gasteiger partial charge in [-0.05, 0) is 67.9 Å². The topological polar surface area (TPSA) is 82.2 Å². The molecule has 3 heterocycles. The first kappa shape index (κ1) is 26.2. The van der Waals surface area contributed by atoms with E-state index >= 15 is 0 Å². The molecule has 1 atom stereocenters. The van der Waals surface area contributed by atoms with Crippen molar-refractivity contribution in [3.8, 4) is 0 Å². The number of hydrogen-bond acceptors (Lipinski definition) is 5. The van der Waals surface area contributed by atoms with E-state index in [9.17, 15) is 14.4 Å². The van der Waals surface area contributed by atoms with Crippen LogP contribution in [0.3, 0.4) is 0 Å². The summed E-state index contributed by atoms with van der Waals surface area (Å²) in [5, 5.41) is 3.09. The number of rotatable bonds is 6. The molecule has 0 aromatic heterocycles. The van der Waals surface area contributed by atoms with Gasteiger partial charge in [-0.1, -0.05) is 37.3 Å². The van der Waals surface area contributed by atoms with E-state index in [4.69, 9.17) is 4.74 Å². The molecule has 8 nitrogen and oxygen atoms in total. The molecule has 3 fully saturated rings. The predicted molar refractivity (Wildman–Crippen MR) is 146 cm³/mol. The highest BCUT2D eigenvalue weighted by Gasteiger charge is 2.53. The van der Waals surface area contributed by atoms with Crippen LogP contribution in [0.1, 0.15) is 48.5 Å². The van der Waals surface area contributed by atoms with E-state index in [0.29, 0.717) is 51.4 Å².